The van der Waals surface area contributed by atoms with Crippen LogP contribution in [0.2, 0.25) is 0 Å². The Bertz CT molecular complexity index is 2630. The monoisotopic (exact) mass is 1200 g/mol. The molecule has 0 bridgehead atoms. The van der Waals surface area contributed by atoms with Crippen molar-refractivity contribution in [3.05, 3.63) is 70.8 Å². The molecule has 0 N–H and O–H groups in total. The fraction of sp³-hybridized carbons (Fsp3) is 0.613. The maximum atomic E-state index is 15.0. The van der Waals surface area contributed by atoms with Crippen LogP contribution in [-0.4, -0.2) is 215 Å². The van der Waals surface area contributed by atoms with Gasteiger partial charge < -0.3 is 48.3 Å². The van der Waals surface area contributed by atoms with Crippen molar-refractivity contribution in [3.63, 3.8) is 0 Å². The molecule has 10 amide bonds. The highest BCUT2D eigenvalue weighted by Crippen LogP contribution is 2.26. The molecule has 3 aliphatic rings. The third-order valence-electron chi connectivity index (χ3n) is 15.5. The van der Waals surface area contributed by atoms with Gasteiger partial charge in [0.2, 0.25) is 0 Å². The zero-order chi connectivity index (χ0) is 64.3. The molecule has 3 heterocycles. The molecule has 3 saturated heterocycles. The average Bonchev–Trinajstić information content (AvgIpc) is 2.39. The highest BCUT2D eigenvalue weighted by atomic mass is 16.6. The molecule has 24 heteroatoms. The van der Waals surface area contributed by atoms with Gasteiger partial charge in [-0.1, -0.05) is 104 Å². The summed E-state index contributed by atoms with van der Waals surface area (Å²) in [5.41, 5.74) is 2.13. The Balaban J connectivity index is 1.58. The predicted octanol–water partition coefficient (Wildman–Crippen LogP) is 4.45. The zero-order valence-electron chi connectivity index (χ0n) is 52.7. The van der Waals surface area contributed by atoms with Gasteiger partial charge in [0.15, 0.2) is 24.4 Å². The van der Waals surface area contributed by atoms with Crippen LogP contribution in [0.15, 0.2) is 48.5 Å². The fourth-order valence-corrected chi connectivity index (χ4v) is 10.5. The number of rotatable bonds is 16. The van der Waals surface area contributed by atoms with Crippen LogP contribution < -0.4 is 0 Å². The number of likely N-dealkylation sites (N-methyl/N-ethyl adjacent to an activating group) is 6. The molecule has 24 nitrogen and oxygen atoms in total. The van der Waals surface area contributed by atoms with Crippen LogP contribution >= 0.6 is 0 Å². The van der Waals surface area contributed by atoms with E-state index in [1.807, 2.05) is 0 Å². The van der Waals surface area contributed by atoms with E-state index in [-0.39, 0.29) is 100 Å². The van der Waals surface area contributed by atoms with Crippen LogP contribution in [-0.2, 0) is 92.8 Å². The van der Waals surface area contributed by atoms with Crippen LogP contribution in [0.3, 0.4) is 0 Å². The molecular weight excluding hydrogens is 1110 g/mol. The number of esters is 4. The second-order valence-corrected chi connectivity index (χ2v) is 24.7. The van der Waals surface area contributed by atoms with E-state index in [4.69, 9.17) is 18.9 Å². The Morgan fingerprint density at radius 1 is 0.372 bits per heavy atom. The normalized spacial score (nSPS) is 24.5. The third-order valence-corrected chi connectivity index (χ3v) is 15.5. The lowest BCUT2D eigenvalue weighted by Gasteiger charge is -2.35. The maximum absolute atomic E-state index is 15.0. The lowest BCUT2D eigenvalue weighted by atomic mass is 9.99. The fourth-order valence-electron chi connectivity index (χ4n) is 10.5. The first-order valence-electron chi connectivity index (χ1n) is 29.4. The number of imide groups is 2. The number of benzene rings is 2. The highest BCUT2D eigenvalue weighted by Gasteiger charge is 2.44. The van der Waals surface area contributed by atoms with Gasteiger partial charge in [0.1, 0.15) is 37.3 Å². The number of carbonyl (C=O) groups is 12. The number of carbonyl (C=O) groups excluding carboxylic acids is 12. The number of cyclic esters (lactones) is 4. The number of nitrogens with zero attached hydrogens (tertiary/aromatic N) is 8. The van der Waals surface area contributed by atoms with Gasteiger partial charge in [0.05, 0.1) is 13.1 Å². The number of urea groups is 2. The highest BCUT2D eigenvalue weighted by molar-refractivity contribution is 6.02. The van der Waals surface area contributed by atoms with Crippen LogP contribution in [0.5, 0.6) is 0 Å². The van der Waals surface area contributed by atoms with Gasteiger partial charge in [-0.3, -0.25) is 38.6 Å². The smallest absolute Gasteiger partial charge is 0.329 e. The van der Waals surface area contributed by atoms with E-state index >= 15 is 9.59 Å². The maximum Gasteiger partial charge on any atom is 0.329 e. The Kier molecular flexibility index (Phi) is 24.0. The summed E-state index contributed by atoms with van der Waals surface area (Å²) in [6, 6.07) is 6.83. The van der Waals surface area contributed by atoms with Crippen molar-refractivity contribution >= 4 is 71.4 Å². The molecule has 0 spiro atoms. The predicted molar refractivity (Wildman–Crippen MR) is 312 cm³/mol. The topological polar surface area (TPSA) is 268 Å². The molecule has 86 heavy (non-hydrogen) atoms. The molecule has 2 aromatic rings. The minimum absolute atomic E-state index is 0.0163. The summed E-state index contributed by atoms with van der Waals surface area (Å²) >= 11 is 0. The quantitative estimate of drug-likeness (QED) is 0.128. The molecule has 0 radical (unpaired) electrons. The van der Waals surface area contributed by atoms with E-state index in [2.05, 4.69) is 0 Å². The van der Waals surface area contributed by atoms with Crippen LogP contribution in [0.1, 0.15) is 117 Å². The molecule has 0 saturated carbocycles. The van der Waals surface area contributed by atoms with Crippen molar-refractivity contribution in [2.45, 2.75) is 169 Å². The zero-order valence-corrected chi connectivity index (χ0v) is 52.7. The van der Waals surface area contributed by atoms with Gasteiger partial charge in [-0.2, -0.15) is 0 Å². The van der Waals surface area contributed by atoms with Gasteiger partial charge in [-0.15, -0.1) is 0 Å². The molecule has 0 unspecified atom stereocenters. The van der Waals surface area contributed by atoms with E-state index in [0.29, 0.717) is 22.3 Å². The summed E-state index contributed by atoms with van der Waals surface area (Å²) in [5.74, 6) is -9.02. The molecule has 8 atom stereocenters. The molecule has 0 aliphatic carbocycles. The van der Waals surface area contributed by atoms with Gasteiger partial charge in [0, 0.05) is 55.1 Å². The Labute approximate surface area is 504 Å². The van der Waals surface area contributed by atoms with Crippen molar-refractivity contribution < 1.29 is 76.5 Å². The van der Waals surface area contributed by atoms with E-state index in [9.17, 15) is 47.9 Å². The van der Waals surface area contributed by atoms with Gasteiger partial charge >= 0.3 is 35.9 Å². The van der Waals surface area contributed by atoms with Crippen molar-refractivity contribution in [1.82, 2.24) is 39.2 Å². The Morgan fingerprint density at radius 3 is 0.860 bits per heavy atom. The molecule has 5 rings (SSSR count). The molecular formula is C62H88N8O16. The van der Waals surface area contributed by atoms with Gasteiger partial charge in [0.25, 0.3) is 35.4 Å². The molecule has 472 valence electrons. The summed E-state index contributed by atoms with van der Waals surface area (Å²) in [7, 11) is 8.37. The lowest BCUT2D eigenvalue weighted by Crippen LogP contribution is -2.55. The minimum Gasteiger partial charge on any atom is -0.451 e. The van der Waals surface area contributed by atoms with Crippen molar-refractivity contribution in [2.24, 2.45) is 23.7 Å². The second kappa shape index (κ2) is 29.9. The molecule has 0 aromatic heterocycles. The van der Waals surface area contributed by atoms with E-state index in [0.717, 1.165) is 29.4 Å². The number of hydrogen-bond acceptors (Lipinski definition) is 16. The summed E-state index contributed by atoms with van der Waals surface area (Å²) < 4.78 is 24.1. The first kappa shape index (κ1) is 68.9. The SMILES string of the molecule is CC(C)C[C@H]1C(=O)O[C@H](Cc2ccc(CN3C(=O)CN(C)C3=O)cc2)C(=O)N(C)[C@@H](CC(C)C)C(=O)O[C@H](C)C(=O)N(C)[C@@H](CC(C)C)C(=O)O[C@H](Cc2ccc(CN3C(=O)CN(C)C3=O)cc2)C(=O)N(C)[C@@H](CC(C)C)C(=O)O[C@H](C)C(=O)N1C. The van der Waals surface area contributed by atoms with Crippen molar-refractivity contribution in [2.75, 3.05) is 55.4 Å². The second-order valence-electron chi connectivity index (χ2n) is 24.7. The largest absolute Gasteiger partial charge is 0.451 e. The standard InChI is InChI=1S/C62H88N8O16/c1-35(2)25-45-57(77)83-39(9)53(73)65(13)48(28-38(7)8)60(80)86-50(30-42-19-23-44(24-20-42)32-70-52(72)34-64(12)62(70)82)56(76)68(16)46(26-36(3)4)58(78)84-40(10)54(74)66(14)47(27-37(5)6)59(79)85-49(55(75)67(45)15)29-41-17-21-43(22-18-41)31-69-51(71)33-63(11)61(69)81/h17-24,35-40,45-50H,25-34H2,1-16H3/t39-,40-,45+,46+,47+,48+,49-,50-/m1/s1. The minimum atomic E-state index is -1.64. The summed E-state index contributed by atoms with van der Waals surface area (Å²) in [5, 5.41) is 0. The average molecular weight is 1200 g/mol. The Hall–Kier alpha value is -7.92. The van der Waals surface area contributed by atoms with Crippen molar-refractivity contribution in [1.29, 1.82) is 0 Å². The molecule has 3 fully saturated rings. The van der Waals surface area contributed by atoms with E-state index in [1.165, 1.54) is 65.9 Å². The van der Waals surface area contributed by atoms with Crippen LogP contribution in [0, 0.1) is 23.7 Å². The van der Waals surface area contributed by atoms with Gasteiger partial charge in [-0.05, 0) is 85.5 Å². The molecule has 3 aliphatic heterocycles. The summed E-state index contributed by atoms with van der Waals surface area (Å²) in [6.07, 6.45) is -6.83. The van der Waals surface area contributed by atoms with E-state index in [1.54, 1.807) is 104 Å². The van der Waals surface area contributed by atoms with Crippen LogP contribution in [0.4, 0.5) is 9.59 Å². The number of hydrogen-bond donors (Lipinski definition) is 0. The molecule has 2 aromatic carbocycles. The number of ether oxygens (including phenoxy) is 4. The van der Waals surface area contributed by atoms with Gasteiger partial charge in [-0.25, -0.2) is 28.8 Å². The van der Waals surface area contributed by atoms with E-state index < -0.39 is 108 Å². The van der Waals surface area contributed by atoms with Crippen LogP contribution in [0.25, 0.3) is 0 Å². The Morgan fingerprint density at radius 2 is 0.616 bits per heavy atom. The first-order chi connectivity index (χ1) is 40.2. The number of amides is 10. The summed E-state index contributed by atoms with van der Waals surface area (Å²) in [6.45, 7) is 16.9. The van der Waals surface area contributed by atoms with Crippen molar-refractivity contribution in [3.8, 4) is 0 Å². The summed E-state index contributed by atoms with van der Waals surface area (Å²) in [4.78, 5) is 177. The lowest BCUT2D eigenvalue weighted by molar-refractivity contribution is -0.176. The third kappa shape index (κ3) is 17.6. The first-order valence-corrected chi connectivity index (χ1v) is 29.4.